The molecule has 0 unspecified atom stereocenters. The Morgan fingerprint density at radius 2 is 1.81 bits per heavy atom. The smallest absolute Gasteiger partial charge is 0.259 e. The predicted octanol–water partition coefficient (Wildman–Crippen LogP) is 2.81. The highest BCUT2D eigenvalue weighted by Gasteiger charge is 1.98. The van der Waals surface area contributed by atoms with Crippen molar-refractivity contribution in [3.63, 3.8) is 0 Å². The van der Waals surface area contributed by atoms with E-state index < -0.39 is 0 Å². The minimum absolute atomic E-state index is 0.180. The first-order chi connectivity index (χ1) is 10.3. The van der Waals surface area contributed by atoms with E-state index >= 15 is 0 Å². The second kappa shape index (κ2) is 7.85. The molecule has 2 aromatic rings. The topological polar surface area (TPSA) is 53.5 Å². The molecule has 21 heavy (non-hydrogen) atoms. The van der Waals surface area contributed by atoms with Crippen molar-refractivity contribution < 1.29 is 4.79 Å². The zero-order valence-electron chi connectivity index (χ0n) is 12.0. The van der Waals surface area contributed by atoms with Crippen LogP contribution in [0.4, 0.5) is 5.69 Å². The van der Waals surface area contributed by atoms with Gasteiger partial charge in [-0.1, -0.05) is 49.4 Å². The Morgan fingerprint density at radius 1 is 1.10 bits per heavy atom. The van der Waals surface area contributed by atoms with Gasteiger partial charge >= 0.3 is 0 Å². The lowest BCUT2D eigenvalue weighted by Crippen LogP contribution is -2.25. The fraction of sp³-hybridized carbons (Fsp3) is 0.176. The normalized spacial score (nSPS) is 10.5. The van der Waals surface area contributed by atoms with Crippen LogP contribution in [0.3, 0.4) is 0 Å². The molecule has 0 saturated heterocycles. The average Bonchev–Trinajstić information content (AvgIpc) is 2.54. The van der Waals surface area contributed by atoms with Crippen LogP contribution in [0.2, 0.25) is 0 Å². The first-order valence-corrected chi connectivity index (χ1v) is 6.97. The molecule has 0 radical (unpaired) electrons. The van der Waals surface area contributed by atoms with Crippen LogP contribution in [0.5, 0.6) is 0 Å². The first-order valence-electron chi connectivity index (χ1n) is 6.97. The monoisotopic (exact) mass is 281 g/mol. The maximum absolute atomic E-state index is 11.6. The van der Waals surface area contributed by atoms with E-state index in [0.29, 0.717) is 0 Å². The summed E-state index contributed by atoms with van der Waals surface area (Å²) >= 11 is 0. The standard InChI is InChI=1S/C17H19N3O/c1-2-14-8-10-15(11-9-14)12-19-20-17(21)13-18-16-6-4-3-5-7-16/h3-12,18H,2,13H2,1H3,(H,20,21)/b19-12-. The van der Waals surface area contributed by atoms with Gasteiger partial charge in [-0.2, -0.15) is 5.10 Å². The van der Waals surface area contributed by atoms with Gasteiger partial charge < -0.3 is 5.32 Å². The Morgan fingerprint density at radius 3 is 2.48 bits per heavy atom. The molecular formula is C17H19N3O. The third-order valence-electron chi connectivity index (χ3n) is 3.02. The number of benzene rings is 2. The molecule has 108 valence electrons. The summed E-state index contributed by atoms with van der Waals surface area (Å²) in [6.07, 6.45) is 2.65. The van der Waals surface area contributed by atoms with E-state index in [-0.39, 0.29) is 12.5 Å². The van der Waals surface area contributed by atoms with Gasteiger partial charge in [-0.3, -0.25) is 4.79 Å². The molecule has 4 nitrogen and oxygen atoms in total. The van der Waals surface area contributed by atoms with Crippen LogP contribution in [0.15, 0.2) is 59.7 Å². The molecule has 0 aromatic heterocycles. The second-order valence-electron chi connectivity index (χ2n) is 4.61. The van der Waals surface area contributed by atoms with Gasteiger partial charge in [-0.15, -0.1) is 0 Å². The Balaban J connectivity index is 1.76. The van der Waals surface area contributed by atoms with Gasteiger partial charge in [0.15, 0.2) is 0 Å². The number of hydrogen-bond donors (Lipinski definition) is 2. The molecule has 1 amide bonds. The predicted molar refractivity (Wildman–Crippen MR) is 86.5 cm³/mol. The third-order valence-corrected chi connectivity index (χ3v) is 3.02. The van der Waals surface area contributed by atoms with Crippen molar-refractivity contribution in [2.45, 2.75) is 13.3 Å². The molecule has 0 aliphatic carbocycles. The number of carbonyl (C=O) groups is 1. The SMILES string of the molecule is CCc1ccc(/C=N\NC(=O)CNc2ccccc2)cc1. The molecule has 0 spiro atoms. The molecule has 2 aromatic carbocycles. The number of carbonyl (C=O) groups excluding carboxylic acids is 1. The van der Waals surface area contributed by atoms with Gasteiger partial charge in [0.05, 0.1) is 12.8 Å². The highest BCUT2D eigenvalue weighted by molar-refractivity contribution is 5.84. The summed E-state index contributed by atoms with van der Waals surface area (Å²) < 4.78 is 0. The largest absolute Gasteiger partial charge is 0.376 e. The minimum atomic E-state index is -0.180. The van der Waals surface area contributed by atoms with Gasteiger partial charge in [-0.25, -0.2) is 5.43 Å². The molecule has 0 aliphatic rings. The fourth-order valence-electron chi connectivity index (χ4n) is 1.80. The molecule has 2 rings (SSSR count). The molecule has 0 aliphatic heterocycles. The lowest BCUT2D eigenvalue weighted by atomic mass is 10.1. The Hall–Kier alpha value is -2.62. The van der Waals surface area contributed by atoms with E-state index in [1.807, 2.05) is 42.5 Å². The average molecular weight is 281 g/mol. The number of aryl methyl sites for hydroxylation is 1. The fourth-order valence-corrected chi connectivity index (χ4v) is 1.80. The van der Waals surface area contributed by atoms with Crippen molar-refractivity contribution in [3.05, 3.63) is 65.7 Å². The summed E-state index contributed by atoms with van der Waals surface area (Å²) in [5.74, 6) is -0.180. The number of nitrogens with zero attached hydrogens (tertiary/aromatic N) is 1. The number of rotatable bonds is 6. The number of nitrogens with one attached hydrogen (secondary N) is 2. The molecular weight excluding hydrogens is 262 g/mol. The van der Waals surface area contributed by atoms with Gasteiger partial charge in [0.25, 0.3) is 5.91 Å². The number of hydrazone groups is 1. The number of anilines is 1. The summed E-state index contributed by atoms with van der Waals surface area (Å²) in [6.45, 7) is 2.30. The van der Waals surface area contributed by atoms with E-state index in [4.69, 9.17) is 0 Å². The van der Waals surface area contributed by atoms with Gasteiger partial charge in [0.1, 0.15) is 0 Å². The van der Waals surface area contributed by atoms with Crippen molar-refractivity contribution in [2.75, 3.05) is 11.9 Å². The summed E-state index contributed by atoms with van der Waals surface area (Å²) in [4.78, 5) is 11.6. The van der Waals surface area contributed by atoms with E-state index in [0.717, 1.165) is 17.7 Å². The molecule has 0 heterocycles. The summed E-state index contributed by atoms with van der Waals surface area (Å²) in [6, 6.07) is 17.7. The lowest BCUT2D eigenvalue weighted by molar-refractivity contribution is -0.119. The first kappa shape index (κ1) is 14.8. The Labute approximate surface area is 124 Å². The summed E-state index contributed by atoms with van der Waals surface area (Å²) in [5, 5.41) is 6.97. The lowest BCUT2D eigenvalue weighted by Gasteiger charge is -2.04. The highest BCUT2D eigenvalue weighted by atomic mass is 16.2. The number of para-hydroxylation sites is 1. The van der Waals surface area contributed by atoms with Crippen LogP contribution >= 0.6 is 0 Å². The van der Waals surface area contributed by atoms with E-state index in [1.165, 1.54) is 5.56 Å². The molecule has 2 N–H and O–H groups in total. The van der Waals surface area contributed by atoms with Crippen molar-refractivity contribution in [1.82, 2.24) is 5.43 Å². The van der Waals surface area contributed by atoms with Gasteiger partial charge in [0.2, 0.25) is 0 Å². The number of amides is 1. The second-order valence-corrected chi connectivity index (χ2v) is 4.61. The number of hydrogen-bond acceptors (Lipinski definition) is 3. The maximum atomic E-state index is 11.6. The third kappa shape index (κ3) is 5.10. The Kier molecular flexibility index (Phi) is 5.52. The van der Waals surface area contributed by atoms with Crippen LogP contribution in [0.1, 0.15) is 18.1 Å². The van der Waals surface area contributed by atoms with Crippen LogP contribution < -0.4 is 10.7 Å². The molecule has 0 saturated carbocycles. The quantitative estimate of drug-likeness (QED) is 0.632. The van der Waals surface area contributed by atoms with E-state index in [1.54, 1.807) is 6.21 Å². The molecule has 0 bridgehead atoms. The molecule has 0 atom stereocenters. The van der Waals surface area contributed by atoms with E-state index in [9.17, 15) is 4.79 Å². The van der Waals surface area contributed by atoms with Crippen molar-refractivity contribution in [2.24, 2.45) is 5.10 Å². The molecule has 0 fully saturated rings. The Bertz CT molecular complexity index is 591. The van der Waals surface area contributed by atoms with E-state index in [2.05, 4.69) is 34.9 Å². The van der Waals surface area contributed by atoms with Gasteiger partial charge in [0, 0.05) is 5.69 Å². The zero-order chi connectivity index (χ0) is 14.9. The van der Waals surface area contributed by atoms with Crippen LogP contribution in [0.25, 0.3) is 0 Å². The van der Waals surface area contributed by atoms with Crippen molar-refractivity contribution >= 4 is 17.8 Å². The van der Waals surface area contributed by atoms with Crippen LogP contribution in [-0.4, -0.2) is 18.7 Å². The van der Waals surface area contributed by atoms with Crippen molar-refractivity contribution in [1.29, 1.82) is 0 Å². The van der Waals surface area contributed by atoms with Crippen molar-refractivity contribution in [3.8, 4) is 0 Å². The zero-order valence-corrected chi connectivity index (χ0v) is 12.0. The molecule has 4 heteroatoms. The summed E-state index contributed by atoms with van der Waals surface area (Å²) in [5.41, 5.74) is 5.65. The summed E-state index contributed by atoms with van der Waals surface area (Å²) in [7, 11) is 0. The highest BCUT2D eigenvalue weighted by Crippen LogP contribution is 2.04. The van der Waals surface area contributed by atoms with Gasteiger partial charge in [-0.05, 0) is 29.7 Å². The maximum Gasteiger partial charge on any atom is 0.259 e. The van der Waals surface area contributed by atoms with Crippen LogP contribution in [0, 0.1) is 0 Å². The van der Waals surface area contributed by atoms with Crippen LogP contribution in [-0.2, 0) is 11.2 Å². The minimum Gasteiger partial charge on any atom is -0.376 e.